The minimum Gasteiger partial charge on any atom is -0.367 e. The number of nitrogens with one attached hydrogen (secondary N) is 1. The van der Waals surface area contributed by atoms with Gasteiger partial charge in [0.25, 0.3) is 0 Å². The number of anilines is 1. The molecule has 1 aliphatic rings. The van der Waals surface area contributed by atoms with Crippen LogP contribution in [0.4, 0.5) is 10.1 Å². The second-order valence-electron chi connectivity index (χ2n) is 5.20. The highest BCUT2D eigenvalue weighted by molar-refractivity contribution is 5.47. The van der Waals surface area contributed by atoms with Crippen LogP contribution in [0, 0.1) is 5.82 Å². The van der Waals surface area contributed by atoms with Crippen molar-refractivity contribution in [2.45, 2.75) is 26.6 Å². The molecule has 0 radical (unpaired) electrons. The average Bonchev–Trinajstić information content (AvgIpc) is 2.93. The Morgan fingerprint density at radius 2 is 1.80 bits per heavy atom. The largest absolute Gasteiger partial charge is 0.367 e. The van der Waals surface area contributed by atoms with Gasteiger partial charge in [-0.2, -0.15) is 0 Å². The first-order valence-electron chi connectivity index (χ1n) is 7.08. The van der Waals surface area contributed by atoms with Gasteiger partial charge >= 0.3 is 0 Å². The first-order valence-corrected chi connectivity index (χ1v) is 7.08. The number of rotatable bonds is 4. The molecule has 0 aromatic heterocycles. The minimum absolute atomic E-state index is 0.187. The zero-order valence-corrected chi connectivity index (χ0v) is 11.7. The van der Waals surface area contributed by atoms with Crippen LogP contribution >= 0.6 is 0 Å². The van der Waals surface area contributed by atoms with E-state index in [1.54, 1.807) is 0 Å². The molecule has 1 heterocycles. The van der Waals surface area contributed by atoms with E-state index in [9.17, 15) is 4.39 Å². The Morgan fingerprint density at radius 3 is 2.55 bits per heavy atom. The van der Waals surface area contributed by atoms with Crippen molar-refractivity contribution in [1.29, 1.82) is 0 Å². The van der Waals surface area contributed by atoms with Gasteiger partial charge < -0.3 is 10.2 Å². The van der Waals surface area contributed by atoms with Crippen molar-refractivity contribution in [3.8, 4) is 0 Å². The Labute approximate surface area is 119 Å². The van der Waals surface area contributed by atoms with E-state index < -0.39 is 0 Å². The predicted molar refractivity (Wildman–Crippen MR) is 80.1 cm³/mol. The predicted octanol–water partition coefficient (Wildman–Crippen LogP) is 3.46. The third-order valence-corrected chi connectivity index (χ3v) is 3.85. The molecule has 2 aromatic rings. The zero-order valence-electron chi connectivity index (χ0n) is 11.7. The van der Waals surface area contributed by atoms with E-state index in [0.717, 1.165) is 31.9 Å². The van der Waals surface area contributed by atoms with Crippen LogP contribution in [0.1, 0.15) is 23.6 Å². The van der Waals surface area contributed by atoms with Crippen LogP contribution in [0.25, 0.3) is 0 Å². The second-order valence-corrected chi connectivity index (χ2v) is 5.20. The molecule has 0 amide bonds. The molecule has 1 aliphatic heterocycles. The maximum absolute atomic E-state index is 13.0. The number of hydrogen-bond donors (Lipinski definition) is 1. The summed E-state index contributed by atoms with van der Waals surface area (Å²) in [5, 5.41) is 3.36. The van der Waals surface area contributed by atoms with Gasteiger partial charge in [-0.05, 0) is 47.9 Å². The first-order chi connectivity index (χ1) is 9.76. The Kier molecular flexibility index (Phi) is 3.70. The summed E-state index contributed by atoms with van der Waals surface area (Å²) in [6, 6.07) is 13.4. The SMILES string of the molecule is CCN(Cc1ccc2c(c1)CNC2)c1ccc(F)cc1. The van der Waals surface area contributed by atoms with E-state index in [2.05, 4.69) is 35.3 Å². The monoisotopic (exact) mass is 270 g/mol. The average molecular weight is 270 g/mol. The minimum atomic E-state index is -0.187. The number of benzene rings is 2. The van der Waals surface area contributed by atoms with Gasteiger partial charge in [0.05, 0.1) is 0 Å². The summed E-state index contributed by atoms with van der Waals surface area (Å²) in [7, 11) is 0. The maximum atomic E-state index is 13.0. The maximum Gasteiger partial charge on any atom is 0.123 e. The smallest absolute Gasteiger partial charge is 0.123 e. The van der Waals surface area contributed by atoms with E-state index in [1.807, 2.05) is 12.1 Å². The van der Waals surface area contributed by atoms with Crippen LogP contribution in [0.3, 0.4) is 0 Å². The fourth-order valence-electron chi connectivity index (χ4n) is 2.70. The van der Waals surface area contributed by atoms with Crippen molar-refractivity contribution in [2.24, 2.45) is 0 Å². The van der Waals surface area contributed by atoms with E-state index in [4.69, 9.17) is 0 Å². The van der Waals surface area contributed by atoms with Crippen molar-refractivity contribution >= 4 is 5.69 Å². The molecule has 0 bridgehead atoms. The number of fused-ring (bicyclic) bond motifs is 1. The topological polar surface area (TPSA) is 15.3 Å². The lowest BCUT2D eigenvalue weighted by Gasteiger charge is -2.23. The quantitative estimate of drug-likeness (QED) is 0.915. The van der Waals surface area contributed by atoms with E-state index in [-0.39, 0.29) is 5.82 Å². The van der Waals surface area contributed by atoms with Gasteiger partial charge in [0.2, 0.25) is 0 Å². The molecule has 0 fully saturated rings. The molecule has 0 saturated carbocycles. The summed E-state index contributed by atoms with van der Waals surface area (Å²) in [6.07, 6.45) is 0. The molecule has 0 atom stereocenters. The zero-order chi connectivity index (χ0) is 13.9. The molecule has 20 heavy (non-hydrogen) atoms. The standard InChI is InChI=1S/C17H19FN2/c1-2-20(17-7-5-16(18)6-8-17)12-13-3-4-14-10-19-11-15(14)9-13/h3-9,19H,2,10-12H2,1H3. The van der Waals surface area contributed by atoms with Crippen LogP contribution in [-0.4, -0.2) is 6.54 Å². The molecule has 0 aliphatic carbocycles. The van der Waals surface area contributed by atoms with E-state index >= 15 is 0 Å². The van der Waals surface area contributed by atoms with Crippen molar-refractivity contribution in [3.05, 3.63) is 65.0 Å². The summed E-state index contributed by atoms with van der Waals surface area (Å²) in [5.74, 6) is -0.187. The van der Waals surface area contributed by atoms with Gasteiger partial charge in [-0.3, -0.25) is 0 Å². The summed E-state index contributed by atoms with van der Waals surface area (Å²) in [6.45, 7) is 5.82. The van der Waals surface area contributed by atoms with Crippen LogP contribution in [0.5, 0.6) is 0 Å². The molecule has 2 aromatic carbocycles. The molecule has 0 unspecified atom stereocenters. The Bertz CT molecular complexity index is 592. The highest BCUT2D eigenvalue weighted by Crippen LogP contribution is 2.21. The van der Waals surface area contributed by atoms with Crippen molar-refractivity contribution in [2.75, 3.05) is 11.4 Å². The molecular formula is C17H19FN2. The molecular weight excluding hydrogens is 251 g/mol. The molecule has 104 valence electrons. The lowest BCUT2D eigenvalue weighted by atomic mass is 10.1. The molecule has 2 nitrogen and oxygen atoms in total. The third kappa shape index (κ3) is 2.68. The van der Waals surface area contributed by atoms with Crippen LogP contribution < -0.4 is 10.2 Å². The second kappa shape index (κ2) is 5.63. The molecule has 0 saturated heterocycles. The number of nitrogens with zero attached hydrogens (tertiary/aromatic N) is 1. The summed E-state index contributed by atoms with van der Waals surface area (Å²) in [5.41, 5.74) is 5.17. The molecule has 3 rings (SSSR count). The van der Waals surface area contributed by atoms with E-state index in [1.165, 1.54) is 28.8 Å². The van der Waals surface area contributed by atoms with Crippen LogP contribution in [0.2, 0.25) is 0 Å². The van der Waals surface area contributed by atoms with Crippen molar-refractivity contribution in [3.63, 3.8) is 0 Å². The van der Waals surface area contributed by atoms with Gasteiger partial charge in [0, 0.05) is 31.9 Å². The van der Waals surface area contributed by atoms with Gasteiger partial charge in [-0.15, -0.1) is 0 Å². The molecule has 3 heteroatoms. The fourth-order valence-corrected chi connectivity index (χ4v) is 2.70. The number of hydrogen-bond acceptors (Lipinski definition) is 2. The fraction of sp³-hybridized carbons (Fsp3) is 0.294. The highest BCUT2D eigenvalue weighted by atomic mass is 19.1. The van der Waals surface area contributed by atoms with Crippen molar-refractivity contribution < 1.29 is 4.39 Å². The summed E-state index contributed by atoms with van der Waals surface area (Å²) in [4.78, 5) is 2.25. The lowest BCUT2D eigenvalue weighted by molar-refractivity contribution is 0.627. The van der Waals surface area contributed by atoms with E-state index in [0.29, 0.717) is 0 Å². The van der Waals surface area contributed by atoms with Gasteiger partial charge in [0.1, 0.15) is 5.82 Å². The van der Waals surface area contributed by atoms with Crippen LogP contribution in [-0.2, 0) is 19.6 Å². The van der Waals surface area contributed by atoms with Gasteiger partial charge in [-0.1, -0.05) is 18.2 Å². The van der Waals surface area contributed by atoms with Crippen molar-refractivity contribution in [1.82, 2.24) is 5.32 Å². The highest BCUT2D eigenvalue weighted by Gasteiger charge is 2.11. The normalized spacial score (nSPS) is 13.3. The van der Waals surface area contributed by atoms with Gasteiger partial charge in [0.15, 0.2) is 0 Å². The first kappa shape index (κ1) is 13.1. The van der Waals surface area contributed by atoms with Gasteiger partial charge in [-0.25, -0.2) is 4.39 Å². The lowest BCUT2D eigenvalue weighted by Crippen LogP contribution is -2.22. The summed E-state index contributed by atoms with van der Waals surface area (Å²) < 4.78 is 13.0. The Hall–Kier alpha value is -1.87. The Morgan fingerprint density at radius 1 is 1.05 bits per heavy atom. The summed E-state index contributed by atoms with van der Waals surface area (Å²) >= 11 is 0. The Balaban J connectivity index is 1.79. The number of halogens is 1. The third-order valence-electron chi connectivity index (χ3n) is 3.85. The molecule has 0 spiro atoms. The van der Waals surface area contributed by atoms with Crippen LogP contribution in [0.15, 0.2) is 42.5 Å². The molecule has 1 N–H and O–H groups in total.